The third kappa shape index (κ3) is 2.92. The van der Waals surface area contributed by atoms with Crippen LogP contribution < -0.4 is 0 Å². The summed E-state index contributed by atoms with van der Waals surface area (Å²) in [5, 5.41) is 5.44. The Balaban J connectivity index is 2.27. The third-order valence-corrected chi connectivity index (χ3v) is 3.82. The van der Waals surface area contributed by atoms with E-state index in [1.807, 2.05) is 16.7 Å². The molecule has 4 radical (unpaired) electrons. The third-order valence-electron chi connectivity index (χ3n) is 3.82. The molecule has 3 aromatic rings. The molecule has 0 bridgehead atoms. The van der Waals surface area contributed by atoms with Gasteiger partial charge in [0.1, 0.15) is 17.7 Å². The first-order chi connectivity index (χ1) is 10.9. The molecule has 0 saturated carbocycles. The zero-order chi connectivity index (χ0) is 16.6. The Hall–Kier alpha value is -2.04. The summed E-state index contributed by atoms with van der Waals surface area (Å²) >= 11 is 0. The molecule has 108 valence electrons. The van der Waals surface area contributed by atoms with Crippen LogP contribution in [-0.2, 0) is 0 Å². The lowest BCUT2D eigenvalue weighted by Crippen LogP contribution is -2.50. The van der Waals surface area contributed by atoms with Gasteiger partial charge >= 0.3 is 0 Å². The Morgan fingerprint density at radius 1 is 1.13 bits per heavy atom. The summed E-state index contributed by atoms with van der Waals surface area (Å²) < 4.78 is 1.82. The van der Waals surface area contributed by atoms with E-state index in [0.717, 1.165) is 22.3 Å². The van der Waals surface area contributed by atoms with Crippen molar-refractivity contribution in [1.29, 1.82) is 0 Å². The highest BCUT2D eigenvalue weighted by atomic mass is 15.3. The molecule has 0 aliphatic rings. The first-order valence-corrected chi connectivity index (χ1v) is 7.49. The Bertz CT molecular complexity index is 813. The van der Waals surface area contributed by atoms with Crippen molar-refractivity contribution in [1.82, 2.24) is 24.6 Å². The average molecular weight is 297 g/mol. The van der Waals surface area contributed by atoms with Crippen LogP contribution in [0.5, 0.6) is 0 Å². The second-order valence-corrected chi connectivity index (χ2v) is 6.68. The van der Waals surface area contributed by atoms with Crippen molar-refractivity contribution in [3.63, 3.8) is 0 Å². The molecule has 0 N–H and O–H groups in total. The molecule has 0 spiro atoms. The maximum Gasteiger partial charge on any atom is 0.237 e. The fraction of sp³-hybridized carbons (Fsp3) is 0.286. The minimum Gasteiger partial charge on any atom is -0.305 e. The van der Waals surface area contributed by atoms with Crippen molar-refractivity contribution < 1.29 is 0 Å². The number of aromatic nitrogens is 5. The summed E-state index contributed by atoms with van der Waals surface area (Å²) in [5.41, 5.74) is 2.41. The lowest BCUT2D eigenvalue weighted by atomic mass is 8.92. The highest BCUT2D eigenvalue weighted by Gasteiger charge is 2.36. The summed E-state index contributed by atoms with van der Waals surface area (Å²) in [6, 6.07) is 3.83. The molecule has 0 amide bonds. The fourth-order valence-corrected chi connectivity index (χ4v) is 2.90. The molecular weight excluding hydrogens is 281 g/mol. The van der Waals surface area contributed by atoms with Gasteiger partial charge in [-0.05, 0) is 17.4 Å². The lowest BCUT2D eigenvalue weighted by molar-refractivity contribution is 0.721. The van der Waals surface area contributed by atoms with Gasteiger partial charge in [-0.15, -0.1) is 0 Å². The van der Waals surface area contributed by atoms with Crippen molar-refractivity contribution in [3.05, 3.63) is 37.1 Å². The van der Waals surface area contributed by atoms with Crippen LogP contribution in [0.2, 0.25) is 5.31 Å². The molecule has 0 aliphatic carbocycles. The largest absolute Gasteiger partial charge is 0.305 e. The van der Waals surface area contributed by atoms with E-state index in [0.29, 0.717) is 0 Å². The van der Waals surface area contributed by atoms with Crippen molar-refractivity contribution in [2.75, 3.05) is 0 Å². The molecule has 3 aromatic heterocycles. The Morgan fingerprint density at radius 3 is 2.52 bits per heavy atom. The van der Waals surface area contributed by atoms with E-state index in [9.17, 15) is 0 Å². The van der Waals surface area contributed by atoms with Gasteiger partial charge in [0, 0.05) is 46.0 Å². The SMILES string of the molecule is [B]B([B])B(n1nc(-c2cccnc2)c2cncnc21)C(C)(C)C. The Labute approximate surface area is 139 Å². The van der Waals surface area contributed by atoms with E-state index in [-0.39, 0.29) is 12.1 Å². The van der Waals surface area contributed by atoms with Gasteiger partial charge in [0.05, 0.1) is 5.39 Å². The minimum absolute atomic E-state index is 0.176. The van der Waals surface area contributed by atoms with E-state index in [1.165, 1.54) is 6.33 Å². The quantitative estimate of drug-likeness (QED) is 0.686. The maximum absolute atomic E-state index is 6.05. The molecule has 0 atom stereocenters. The minimum atomic E-state index is -0.560. The number of hydrogen-bond acceptors (Lipinski definition) is 4. The van der Waals surface area contributed by atoms with Gasteiger partial charge in [-0.2, -0.15) is 5.10 Å². The number of rotatable bonds is 3. The lowest BCUT2D eigenvalue weighted by Gasteiger charge is -2.30. The normalized spacial score (nSPS) is 11.6. The summed E-state index contributed by atoms with van der Waals surface area (Å²) in [6.45, 7) is 6.06. The molecule has 0 unspecified atom stereocenters. The molecular formula is C14H15B4N5. The predicted molar refractivity (Wildman–Crippen MR) is 96.7 cm³/mol. The first-order valence-electron chi connectivity index (χ1n) is 7.49. The monoisotopic (exact) mass is 297 g/mol. The van der Waals surface area contributed by atoms with Crippen LogP contribution in [0.4, 0.5) is 0 Å². The molecule has 3 rings (SSSR count). The summed E-state index contributed by atoms with van der Waals surface area (Å²) in [6.07, 6.45) is 6.21. The van der Waals surface area contributed by atoms with E-state index < -0.39 is 6.39 Å². The molecule has 0 saturated heterocycles. The van der Waals surface area contributed by atoms with E-state index in [1.54, 1.807) is 18.6 Å². The number of pyridine rings is 1. The molecule has 3 heterocycles. The first kappa shape index (κ1) is 15.8. The van der Waals surface area contributed by atoms with Crippen molar-refractivity contribution in [3.8, 4) is 11.3 Å². The van der Waals surface area contributed by atoms with Gasteiger partial charge in [-0.1, -0.05) is 20.8 Å². The van der Waals surface area contributed by atoms with Crippen molar-refractivity contribution in [2.45, 2.75) is 26.1 Å². The van der Waals surface area contributed by atoms with Gasteiger partial charge in [-0.25, -0.2) is 9.97 Å². The van der Waals surface area contributed by atoms with E-state index >= 15 is 0 Å². The Morgan fingerprint density at radius 2 is 1.91 bits per heavy atom. The van der Waals surface area contributed by atoms with Crippen molar-refractivity contribution >= 4 is 39.6 Å². The summed E-state index contributed by atoms with van der Waals surface area (Å²) in [5.74, 6) is 0. The standard InChI is InChI=1S/C14H15B4N5/c1-14(2,3)17(18(15)16)23-13-11(8-20-9-21-13)12(22-23)10-5-4-6-19-7-10/h4-9H,1-3H3. The van der Waals surface area contributed by atoms with Gasteiger partial charge in [0.25, 0.3) is 0 Å². The van der Waals surface area contributed by atoms with E-state index in [2.05, 4.69) is 35.7 Å². The average Bonchev–Trinajstić information content (AvgIpc) is 2.86. The van der Waals surface area contributed by atoms with Crippen LogP contribution in [0.15, 0.2) is 37.1 Å². The predicted octanol–water partition coefficient (Wildman–Crippen LogP) is 1.43. The van der Waals surface area contributed by atoms with Crippen LogP contribution in [0.3, 0.4) is 0 Å². The van der Waals surface area contributed by atoms with Gasteiger partial charge in [0.15, 0.2) is 0 Å². The van der Waals surface area contributed by atoms with Crippen LogP contribution >= 0.6 is 0 Å². The smallest absolute Gasteiger partial charge is 0.237 e. The van der Waals surface area contributed by atoms with E-state index in [4.69, 9.17) is 20.6 Å². The second-order valence-electron chi connectivity index (χ2n) is 6.68. The molecule has 0 aliphatic heterocycles. The molecule has 9 heteroatoms. The molecule has 23 heavy (non-hydrogen) atoms. The van der Waals surface area contributed by atoms with Gasteiger partial charge in [0.2, 0.25) is 6.74 Å². The molecule has 0 aromatic carbocycles. The number of fused-ring (bicyclic) bond motifs is 1. The zero-order valence-electron chi connectivity index (χ0n) is 13.5. The van der Waals surface area contributed by atoms with Gasteiger partial charge in [-0.3, -0.25) is 4.98 Å². The maximum atomic E-state index is 6.05. The van der Waals surface area contributed by atoms with Crippen LogP contribution in [0.1, 0.15) is 20.8 Å². The van der Waals surface area contributed by atoms with Gasteiger partial charge < -0.3 is 4.59 Å². The van der Waals surface area contributed by atoms with Crippen LogP contribution in [0, 0.1) is 0 Å². The molecule has 5 nitrogen and oxygen atoms in total. The highest BCUT2D eigenvalue weighted by molar-refractivity contribution is 7.58. The Kier molecular flexibility index (Phi) is 4.04. The van der Waals surface area contributed by atoms with Crippen molar-refractivity contribution in [2.24, 2.45) is 0 Å². The summed E-state index contributed by atoms with van der Waals surface area (Å²) in [4.78, 5) is 12.7. The zero-order valence-corrected chi connectivity index (χ0v) is 13.5. The number of hydrogen-bond donors (Lipinski definition) is 0. The second kappa shape index (κ2) is 5.87. The van der Waals surface area contributed by atoms with Crippen LogP contribution in [0.25, 0.3) is 22.3 Å². The molecule has 0 fully saturated rings. The summed E-state index contributed by atoms with van der Waals surface area (Å²) in [7, 11) is 12.1. The van der Waals surface area contributed by atoms with Crippen LogP contribution in [-0.4, -0.2) is 53.2 Å². The number of nitrogens with zero attached hydrogens (tertiary/aromatic N) is 5. The topological polar surface area (TPSA) is 56.5 Å². The fourth-order valence-electron chi connectivity index (χ4n) is 2.90. The highest BCUT2D eigenvalue weighted by Crippen LogP contribution is 2.32.